The van der Waals surface area contributed by atoms with Crippen LogP contribution in [0.25, 0.3) is 10.9 Å². The number of rotatable bonds is 2. The van der Waals surface area contributed by atoms with Crippen LogP contribution in [0.15, 0.2) is 24.4 Å². The fourth-order valence-corrected chi connectivity index (χ4v) is 3.11. The molecule has 1 aliphatic heterocycles. The van der Waals surface area contributed by atoms with Crippen molar-refractivity contribution in [3.63, 3.8) is 0 Å². The van der Waals surface area contributed by atoms with Gasteiger partial charge in [-0.2, -0.15) is 0 Å². The van der Waals surface area contributed by atoms with Crippen LogP contribution in [0.5, 0.6) is 0 Å². The third-order valence-corrected chi connectivity index (χ3v) is 4.30. The zero-order valence-electron chi connectivity index (χ0n) is 15.5. The number of carbonyl (C=O) groups is 2. The van der Waals surface area contributed by atoms with E-state index in [2.05, 4.69) is 4.98 Å². The zero-order chi connectivity index (χ0) is 19.8. The van der Waals surface area contributed by atoms with E-state index in [1.807, 2.05) is 4.90 Å². The molecule has 1 aliphatic rings. The molecule has 0 radical (unpaired) electrons. The minimum Gasteiger partial charge on any atom is -0.478 e. The van der Waals surface area contributed by atoms with Crippen molar-refractivity contribution in [2.24, 2.45) is 0 Å². The molecule has 1 saturated heterocycles. The summed E-state index contributed by atoms with van der Waals surface area (Å²) < 4.78 is 19.5. The average Bonchev–Trinajstić information content (AvgIpc) is 2.59. The van der Waals surface area contributed by atoms with Crippen LogP contribution in [0.1, 0.15) is 31.1 Å². The summed E-state index contributed by atoms with van der Waals surface area (Å²) in [5.41, 5.74) is -0.00879. The smallest absolute Gasteiger partial charge is 0.410 e. The number of aromatic carboxylic acids is 1. The minimum absolute atomic E-state index is 0.0128. The number of carbonyl (C=O) groups excluding carboxylic acids is 1. The van der Waals surface area contributed by atoms with Gasteiger partial charge < -0.3 is 19.6 Å². The first-order chi connectivity index (χ1) is 12.7. The summed E-state index contributed by atoms with van der Waals surface area (Å²) in [4.78, 5) is 31.3. The van der Waals surface area contributed by atoms with E-state index < -0.39 is 23.5 Å². The number of pyridine rings is 1. The molecule has 0 saturated carbocycles. The third-order valence-electron chi connectivity index (χ3n) is 4.30. The molecule has 2 heterocycles. The summed E-state index contributed by atoms with van der Waals surface area (Å²) in [6, 6.07) is 4.48. The van der Waals surface area contributed by atoms with Crippen LogP contribution in [-0.2, 0) is 4.74 Å². The highest BCUT2D eigenvalue weighted by Crippen LogP contribution is 2.31. The Bertz CT molecular complexity index is 886. The van der Waals surface area contributed by atoms with Crippen LogP contribution in [0.2, 0.25) is 0 Å². The van der Waals surface area contributed by atoms with Gasteiger partial charge in [-0.3, -0.25) is 4.98 Å². The van der Waals surface area contributed by atoms with Gasteiger partial charge in [0, 0.05) is 37.8 Å². The molecule has 144 valence electrons. The number of hydrogen-bond donors (Lipinski definition) is 1. The number of amides is 1. The minimum atomic E-state index is -1.13. The molecule has 3 rings (SSSR count). The molecule has 1 N–H and O–H groups in total. The van der Waals surface area contributed by atoms with Crippen molar-refractivity contribution in [1.29, 1.82) is 0 Å². The monoisotopic (exact) mass is 375 g/mol. The molecular formula is C19H22FN3O4. The molecular weight excluding hydrogens is 353 g/mol. The standard InChI is InChI=1S/C19H22FN3O4/c1-19(2,3)27-18(26)23-9-7-22(8-10-23)16-12-5-4-6-14(20)15(12)21-11-13(16)17(24)25/h4-6,11H,7-10H2,1-3H3,(H,24,25). The molecule has 0 aliphatic carbocycles. The Labute approximate surface area is 156 Å². The van der Waals surface area contributed by atoms with Gasteiger partial charge in [0.2, 0.25) is 0 Å². The fraction of sp³-hybridized carbons (Fsp3) is 0.421. The molecule has 1 fully saturated rings. The number of anilines is 1. The molecule has 1 amide bonds. The second-order valence-electron chi connectivity index (χ2n) is 7.42. The second-order valence-corrected chi connectivity index (χ2v) is 7.42. The zero-order valence-corrected chi connectivity index (χ0v) is 15.5. The van der Waals surface area contributed by atoms with Gasteiger partial charge in [-0.1, -0.05) is 12.1 Å². The Morgan fingerprint density at radius 3 is 2.44 bits per heavy atom. The van der Waals surface area contributed by atoms with Gasteiger partial charge in [-0.05, 0) is 26.8 Å². The first kappa shape index (κ1) is 18.9. The van der Waals surface area contributed by atoms with Crippen molar-refractivity contribution in [3.8, 4) is 0 Å². The Morgan fingerprint density at radius 2 is 1.85 bits per heavy atom. The first-order valence-electron chi connectivity index (χ1n) is 8.71. The van der Waals surface area contributed by atoms with Gasteiger partial charge in [0.15, 0.2) is 0 Å². The highest BCUT2D eigenvalue weighted by molar-refractivity contribution is 6.04. The Morgan fingerprint density at radius 1 is 1.19 bits per heavy atom. The number of benzene rings is 1. The van der Waals surface area contributed by atoms with E-state index in [-0.39, 0.29) is 11.1 Å². The molecule has 0 spiro atoms. The SMILES string of the molecule is CC(C)(C)OC(=O)N1CCN(c2c(C(=O)O)cnc3c(F)cccc23)CC1. The van der Waals surface area contributed by atoms with Crippen LogP contribution in [0.4, 0.5) is 14.9 Å². The average molecular weight is 375 g/mol. The van der Waals surface area contributed by atoms with Gasteiger partial charge in [-0.15, -0.1) is 0 Å². The molecule has 27 heavy (non-hydrogen) atoms. The summed E-state index contributed by atoms with van der Waals surface area (Å²) in [5, 5.41) is 9.99. The molecule has 1 aromatic carbocycles. The van der Waals surface area contributed by atoms with Gasteiger partial charge >= 0.3 is 12.1 Å². The number of nitrogens with zero attached hydrogens (tertiary/aromatic N) is 3. The Hall–Kier alpha value is -2.90. The molecule has 1 aromatic heterocycles. The maximum absolute atomic E-state index is 14.1. The van der Waals surface area contributed by atoms with E-state index in [1.54, 1.807) is 31.7 Å². The van der Waals surface area contributed by atoms with Crippen LogP contribution in [-0.4, -0.2) is 58.8 Å². The molecule has 0 unspecified atom stereocenters. The number of piperazine rings is 1. The predicted molar refractivity (Wildman–Crippen MR) is 98.7 cm³/mol. The van der Waals surface area contributed by atoms with Crippen LogP contribution in [0.3, 0.4) is 0 Å². The summed E-state index contributed by atoms with van der Waals surface area (Å²) in [7, 11) is 0. The highest BCUT2D eigenvalue weighted by atomic mass is 19.1. The third kappa shape index (κ3) is 3.94. The summed E-state index contributed by atoms with van der Waals surface area (Å²) in [6.45, 7) is 7.00. The lowest BCUT2D eigenvalue weighted by Crippen LogP contribution is -2.50. The lowest BCUT2D eigenvalue weighted by atomic mass is 10.1. The Kier molecular flexibility index (Phi) is 4.91. The van der Waals surface area contributed by atoms with Crippen LogP contribution >= 0.6 is 0 Å². The normalized spacial score (nSPS) is 15.1. The topological polar surface area (TPSA) is 83.0 Å². The van der Waals surface area contributed by atoms with Crippen LogP contribution in [0, 0.1) is 5.82 Å². The van der Waals surface area contributed by atoms with E-state index in [0.717, 1.165) is 0 Å². The van der Waals surface area contributed by atoms with Gasteiger partial charge in [-0.25, -0.2) is 14.0 Å². The summed E-state index contributed by atoms with van der Waals surface area (Å²) >= 11 is 0. The van der Waals surface area contributed by atoms with Crippen molar-refractivity contribution in [2.45, 2.75) is 26.4 Å². The molecule has 2 aromatic rings. The Balaban J connectivity index is 1.89. The number of fused-ring (bicyclic) bond motifs is 1. The number of hydrogen-bond acceptors (Lipinski definition) is 5. The van der Waals surface area contributed by atoms with E-state index in [0.29, 0.717) is 37.3 Å². The van der Waals surface area contributed by atoms with Crippen LogP contribution < -0.4 is 4.90 Å². The van der Waals surface area contributed by atoms with Crippen molar-refractivity contribution >= 4 is 28.7 Å². The van der Waals surface area contributed by atoms with Crippen molar-refractivity contribution < 1.29 is 23.8 Å². The number of ether oxygens (including phenoxy) is 1. The van der Waals surface area contributed by atoms with Gasteiger partial charge in [0.1, 0.15) is 22.5 Å². The number of carboxylic acids is 1. The molecule has 8 heteroatoms. The molecule has 0 atom stereocenters. The van der Waals surface area contributed by atoms with E-state index in [9.17, 15) is 19.1 Å². The van der Waals surface area contributed by atoms with Crippen molar-refractivity contribution in [2.75, 3.05) is 31.1 Å². The molecule has 0 bridgehead atoms. The molecule has 7 nitrogen and oxygen atoms in total. The largest absolute Gasteiger partial charge is 0.478 e. The lowest BCUT2D eigenvalue weighted by molar-refractivity contribution is 0.0240. The van der Waals surface area contributed by atoms with E-state index in [4.69, 9.17) is 4.74 Å². The number of aromatic nitrogens is 1. The summed E-state index contributed by atoms with van der Waals surface area (Å²) in [5.74, 6) is -1.63. The van der Waals surface area contributed by atoms with Gasteiger partial charge in [0.25, 0.3) is 0 Å². The van der Waals surface area contributed by atoms with Gasteiger partial charge in [0.05, 0.1) is 5.69 Å². The summed E-state index contributed by atoms with van der Waals surface area (Å²) in [6.07, 6.45) is 0.787. The first-order valence-corrected chi connectivity index (χ1v) is 8.71. The number of para-hydroxylation sites is 1. The second kappa shape index (κ2) is 7.02. The maximum atomic E-state index is 14.1. The fourth-order valence-electron chi connectivity index (χ4n) is 3.11. The quantitative estimate of drug-likeness (QED) is 0.868. The van der Waals surface area contributed by atoms with E-state index >= 15 is 0 Å². The van der Waals surface area contributed by atoms with Crippen molar-refractivity contribution in [3.05, 3.63) is 35.8 Å². The lowest BCUT2D eigenvalue weighted by Gasteiger charge is -2.37. The predicted octanol–water partition coefficient (Wildman–Crippen LogP) is 3.13. The highest BCUT2D eigenvalue weighted by Gasteiger charge is 2.28. The number of carboxylic acid groups (broad SMARTS) is 1. The van der Waals surface area contributed by atoms with E-state index in [1.165, 1.54) is 18.3 Å². The van der Waals surface area contributed by atoms with Crippen molar-refractivity contribution in [1.82, 2.24) is 9.88 Å². The number of halogens is 1. The maximum Gasteiger partial charge on any atom is 0.410 e.